The van der Waals surface area contributed by atoms with Crippen LogP contribution < -0.4 is 15.4 Å². The molecular weight excluding hydrogens is 415 g/mol. The Bertz CT molecular complexity index is 859. The number of benzene rings is 2. The van der Waals surface area contributed by atoms with Crippen LogP contribution in [-0.4, -0.2) is 42.2 Å². The van der Waals surface area contributed by atoms with Gasteiger partial charge in [0.2, 0.25) is 11.8 Å². The largest absolute Gasteiger partial charge is 0.489 e. The molecule has 0 aliphatic heterocycles. The van der Waals surface area contributed by atoms with Crippen LogP contribution in [0.4, 0.5) is 0 Å². The van der Waals surface area contributed by atoms with E-state index in [1.807, 2.05) is 30.3 Å². The third-order valence-electron chi connectivity index (χ3n) is 3.84. The van der Waals surface area contributed by atoms with Gasteiger partial charge in [-0.3, -0.25) is 9.59 Å². The van der Waals surface area contributed by atoms with Crippen molar-refractivity contribution in [1.82, 2.24) is 10.6 Å². The molecular formula is C21H22Cl2N2O4. The van der Waals surface area contributed by atoms with Gasteiger partial charge < -0.3 is 20.5 Å². The smallest absolute Gasteiger partial charge is 0.244 e. The van der Waals surface area contributed by atoms with Crippen LogP contribution in [0.15, 0.2) is 54.6 Å². The van der Waals surface area contributed by atoms with Gasteiger partial charge in [0.1, 0.15) is 29.5 Å². The van der Waals surface area contributed by atoms with Crippen LogP contribution >= 0.6 is 23.2 Å². The molecule has 8 heteroatoms. The van der Waals surface area contributed by atoms with E-state index in [0.717, 1.165) is 5.56 Å². The Morgan fingerprint density at radius 2 is 1.86 bits per heavy atom. The van der Waals surface area contributed by atoms with Crippen molar-refractivity contribution in [2.24, 2.45) is 0 Å². The van der Waals surface area contributed by atoms with Crippen molar-refractivity contribution in [3.05, 3.63) is 70.2 Å². The molecule has 0 heterocycles. The Balaban J connectivity index is 1.72. The molecule has 0 aliphatic carbocycles. The van der Waals surface area contributed by atoms with Gasteiger partial charge in [0.15, 0.2) is 0 Å². The van der Waals surface area contributed by atoms with Crippen molar-refractivity contribution in [1.29, 1.82) is 0 Å². The Kier molecular flexibility index (Phi) is 8.99. The predicted molar refractivity (Wildman–Crippen MR) is 114 cm³/mol. The summed E-state index contributed by atoms with van der Waals surface area (Å²) in [6.45, 7) is 1.43. The van der Waals surface area contributed by atoms with Crippen molar-refractivity contribution in [3.8, 4) is 5.75 Å². The van der Waals surface area contributed by atoms with Gasteiger partial charge in [0, 0.05) is 12.6 Å². The zero-order valence-corrected chi connectivity index (χ0v) is 17.3. The molecule has 0 saturated carbocycles. The second-order valence-corrected chi connectivity index (χ2v) is 7.02. The van der Waals surface area contributed by atoms with E-state index < -0.39 is 24.0 Å². The third-order valence-corrected chi connectivity index (χ3v) is 4.64. The van der Waals surface area contributed by atoms with Crippen LogP contribution in [0.5, 0.6) is 5.75 Å². The van der Waals surface area contributed by atoms with Crippen LogP contribution in [0.25, 0.3) is 6.08 Å². The molecule has 29 heavy (non-hydrogen) atoms. The maximum absolute atomic E-state index is 12.1. The number of ether oxygens (including phenoxy) is 1. The molecule has 6 nitrogen and oxygen atoms in total. The second-order valence-electron chi connectivity index (χ2n) is 6.24. The number of aliphatic hydroxyl groups excluding tert-OH is 1. The Labute approximate surface area is 179 Å². The fraction of sp³-hybridized carbons (Fsp3) is 0.238. The minimum Gasteiger partial charge on any atom is -0.489 e. The first-order valence-electron chi connectivity index (χ1n) is 8.93. The molecule has 2 atom stereocenters. The quantitative estimate of drug-likeness (QED) is 0.527. The minimum absolute atomic E-state index is 0.0446. The van der Waals surface area contributed by atoms with E-state index in [4.69, 9.17) is 27.9 Å². The number of carbonyl (C=O) groups is 2. The van der Waals surface area contributed by atoms with Crippen LogP contribution in [0.1, 0.15) is 12.5 Å². The number of aliphatic hydroxyl groups is 1. The SMILES string of the molecule is CC(NC(=O)/C=C/c1ccccc1)C(=O)NCC(O)COc1cccc(Cl)c1Cl. The van der Waals surface area contributed by atoms with Crippen LogP contribution in [-0.2, 0) is 9.59 Å². The van der Waals surface area contributed by atoms with Gasteiger partial charge >= 0.3 is 0 Å². The van der Waals surface area contributed by atoms with Gasteiger partial charge in [-0.2, -0.15) is 0 Å². The average molecular weight is 437 g/mol. The minimum atomic E-state index is -0.963. The highest BCUT2D eigenvalue weighted by Crippen LogP contribution is 2.31. The molecule has 2 unspecified atom stereocenters. The van der Waals surface area contributed by atoms with Crippen molar-refractivity contribution in [2.45, 2.75) is 19.1 Å². The number of rotatable bonds is 9. The van der Waals surface area contributed by atoms with Gasteiger partial charge in [-0.05, 0) is 30.7 Å². The molecule has 0 aromatic heterocycles. The molecule has 2 amide bonds. The standard InChI is InChI=1S/C21H22Cl2N2O4/c1-14(25-19(27)11-10-15-6-3-2-4-7-15)21(28)24-12-16(26)13-29-18-9-5-8-17(22)20(18)23/h2-11,14,16,26H,12-13H2,1H3,(H,24,28)(H,25,27)/b11-10+. The first-order chi connectivity index (χ1) is 13.9. The number of halogens is 2. The molecule has 0 aliphatic rings. The van der Waals surface area contributed by atoms with Gasteiger partial charge in [0.05, 0.1) is 5.02 Å². The van der Waals surface area contributed by atoms with E-state index >= 15 is 0 Å². The van der Waals surface area contributed by atoms with E-state index in [-0.39, 0.29) is 18.2 Å². The van der Waals surface area contributed by atoms with Crippen LogP contribution in [0.3, 0.4) is 0 Å². The van der Waals surface area contributed by atoms with E-state index in [0.29, 0.717) is 10.8 Å². The van der Waals surface area contributed by atoms with Crippen LogP contribution in [0, 0.1) is 0 Å². The first-order valence-corrected chi connectivity index (χ1v) is 9.68. The zero-order valence-electron chi connectivity index (χ0n) is 15.8. The van der Waals surface area contributed by atoms with Crippen molar-refractivity contribution < 1.29 is 19.4 Å². The Hall–Kier alpha value is -2.54. The highest BCUT2D eigenvalue weighted by atomic mass is 35.5. The van der Waals surface area contributed by atoms with Gasteiger partial charge in [0.25, 0.3) is 0 Å². The summed E-state index contributed by atoms with van der Waals surface area (Å²) < 4.78 is 5.41. The molecule has 0 spiro atoms. The summed E-state index contributed by atoms with van der Waals surface area (Å²) in [5.41, 5.74) is 0.877. The topological polar surface area (TPSA) is 87.7 Å². The molecule has 2 rings (SSSR count). The summed E-state index contributed by atoms with van der Waals surface area (Å²) >= 11 is 11.9. The van der Waals surface area contributed by atoms with Gasteiger partial charge in [-0.15, -0.1) is 0 Å². The Morgan fingerprint density at radius 1 is 1.14 bits per heavy atom. The highest BCUT2D eigenvalue weighted by Gasteiger charge is 2.16. The van der Waals surface area contributed by atoms with E-state index in [2.05, 4.69) is 10.6 Å². The Morgan fingerprint density at radius 3 is 2.59 bits per heavy atom. The monoisotopic (exact) mass is 436 g/mol. The molecule has 154 valence electrons. The molecule has 0 bridgehead atoms. The van der Waals surface area contributed by atoms with Gasteiger partial charge in [-0.25, -0.2) is 0 Å². The van der Waals surface area contributed by atoms with E-state index in [1.165, 1.54) is 6.08 Å². The normalized spacial score (nSPS) is 13.0. The van der Waals surface area contributed by atoms with E-state index in [9.17, 15) is 14.7 Å². The number of carbonyl (C=O) groups excluding carboxylic acids is 2. The number of nitrogens with one attached hydrogen (secondary N) is 2. The number of hydrogen-bond donors (Lipinski definition) is 3. The van der Waals surface area contributed by atoms with Crippen molar-refractivity contribution in [3.63, 3.8) is 0 Å². The zero-order chi connectivity index (χ0) is 21.2. The summed E-state index contributed by atoms with van der Waals surface area (Å²) in [4.78, 5) is 24.0. The molecule has 2 aromatic carbocycles. The highest BCUT2D eigenvalue weighted by molar-refractivity contribution is 6.42. The lowest BCUT2D eigenvalue weighted by Gasteiger charge is -2.17. The fourth-order valence-electron chi connectivity index (χ4n) is 2.27. The molecule has 0 saturated heterocycles. The second kappa shape index (κ2) is 11.5. The average Bonchev–Trinajstić information content (AvgIpc) is 2.72. The van der Waals surface area contributed by atoms with Gasteiger partial charge in [-0.1, -0.05) is 59.6 Å². The summed E-state index contributed by atoms with van der Waals surface area (Å²) in [6.07, 6.45) is 2.05. The lowest BCUT2D eigenvalue weighted by Crippen LogP contribution is -2.46. The van der Waals surface area contributed by atoms with Crippen LogP contribution in [0.2, 0.25) is 10.0 Å². The maximum atomic E-state index is 12.1. The fourth-order valence-corrected chi connectivity index (χ4v) is 2.62. The third kappa shape index (κ3) is 7.77. The summed E-state index contributed by atoms with van der Waals surface area (Å²) in [5, 5.41) is 15.7. The molecule has 0 fully saturated rings. The number of amides is 2. The lowest BCUT2D eigenvalue weighted by molar-refractivity contribution is -0.127. The summed E-state index contributed by atoms with van der Waals surface area (Å²) in [7, 11) is 0. The first kappa shape index (κ1) is 22.7. The maximum Gasteiger partial charge on any atom is 0.244 e. The van der Waals surface area contributed by atoms with E-state index in [1.54, 1.807) is 31.2 Å². The molecule has 0 radical (unpaired) electrons. The lowest BCUT2D eigenvalue weighted by atomic mass is 10.2. The predicted octanol–water partition coefficient (Wildman–Crippen LogP) is 3.07. The summed E-state index contributed by atoms with van der Waals surface area (Å²) in [6, 6.07) is 13.5. The van der Waals surface area contributed by atoms with Crippen molar-refractivity contribution >= 4 is 41.1 Å². The molecule has 2 aromatic rings. The summed E-state index contributed by atoms with van der Waals surface area (Å²) in [5.74, 6) is -0.474. The van der Waals surface area contributed by atoms with Crippen molar-refractivity contribution in [2.75, 3.05) is 13.2 Å². The number of hydrogen-bond acceptors (Lipinski definition) is 4. The molecule has 3 N–H and O–H groups in total.